The number of para-hydroxylation sites is 1. The average molecular weight is 473 g/mol. The number of hydrogen-bond donors (Lipinski definition) is 1. The number of nitrogens with one attached hydrogen (secondary N) is 1. The van der Waals surface area contributed by atoms with Crippen LogP contribution in [-0.4, -0.2) is 92.5 Å². The molecule has 0 bridgehead atoms. The van der Waals surface area contributed by atoms with E-state index in [9.17, 15) is 26.8 Å². The zero-order valence-electron chi connectivity index (χ0n) is 18.2. The molecule has 2 amide bonds. The molecule has 0 aromatic heterocycles. The first-order valence-electron chi connectivity index (χ1n) is 10.8. The molecule has 1 aromatic carbocycles. The Morgan fingerprint density at radius 1 is 1.03 bits per heavy atom. The highest BCUT2D eigenvalue weighted by atomic mass is 32.2. The van der Waals surface area contributed by atoms with Crippen LogP contribution in [-0.2, 0) is 19.4 Å². The summed E-state index contributed by atoms with van der Waals surface area (Å²) in [7, 11) is -4.82. The van der Waals surface area contributed by atoms with Gasteiger partial charge in [0.25, 0.3) is 0 Å². The van der Waals surface area contributed by atoms with Gasteiger partial charge in [-0.15, -0.1) is 0 Å². The number of rotatable bonds is 7. The largest absolute Gasteiger partial charge is 0.341 e. The minimum Gasteiger partial charge on any atom is -0.339 e. The number of nitrogens with zero attached hydrogens (tertiary/aromatic N) is 3. The number of hydrogen-bond acceptors (Lipinski definition) is 6. The van der Waals surface area contributed by atoms with Gasteiger partial charge in [-0.05, 0) is 38.3 Å². The van der Waals surface area contributed by atoms with E-state index >= 15 is 0 Å². The van der Waals surface area contributed by atoms with Crippen LogP contribution < -0.4 is 5.32 Å². The van der Waals surface area contributed by atoms with E-state index in [4.69, 9.17) is 0 Å². The van der Waals surface area contributed by atoms with Crippen molar-refractivity contribution in [2.24, 2.45) is 0 Å². The lowest BCUT2D eigenvalue weighted by Crippen LogP contribution is -2.53. The second-order valence-corrected chi connectivity index (χ2v) is 10.2. The Morgan fingerprint density at radius 2 is 1.66 bits per heavy atom. The van der Waals surface area contributed by atoms with Crippen LogP contribution in [0.2, 0.25) is 0 Å². The molecule has 1 atom stereocenters. The molecule has 8 nitrogen and oxygen atoms in total. The molecule has 178 valence electrons. The highest BCUT2D eigenvalue weighted by Crippen LogP contribution is 2.26. The van der Waals surface area contributed by atoms with Gasteiger partial charge in [0.1, 0.15) is 0 Å². The number of piperazine rings is 1. The molecule has 2 heterocycles. The van der Waals surface area contributed by atoms with Gasteiger partial charge in [-0.3, -0.25) is 19.4 Å². The smallest absolute Gasteiger partial charge is 0.339 e. The maximum atomic E-state index is 12.9. The van der Waals surface area contributed by atoms with Gasteiger partial charge >= 0.3 is 5.76 Å². The number of sulfone groups is 1. The van der Waals surface area contributed by atoms with Crippen molar-refractivity contribution in [3.63, 3.8) is 0 Å². The van der Waals surface area contributed by atoms with Gasteiger partial charge in [0, 0.05) is 38.8 Å². The third kappa shape index (κ3) is 6.02. The van der Waals surface area contributed by atoms with Crippen LogP contribution in [0.25, 0.3) is 0 Å². The van der Waals surface area contributed by atoms with Crippen molar-refractivity contribution < 1.29 is 26.8 Å². The number of halogens is 2. The molecule has 2 aliphatic heterocycles. The highest BCUT2D eigenvalue weighted by molar-refractivity contribution is 7.91. The molecule has 0 saturated carbocycles. The Bertz CT molecular complexity index is 920. The summed E-state index contributed by atoms with van der Waals surface area (Å²) in [5.74, 6) is -3.90. The van der Waals surface area contributed by atoms with Crippen molar-refractivity contribution in [2.45, 2.75) is 42.9 Å². The first-order valence-corrected chi connectivity index (χ1v) is 12.4. The molecule has 0 radical (unpaired) electrons. The van der Waals surface area contributed by atoms with Crippen LogP contribution in [0.5, 0.6) is 0 Å². The fourth-order valence-corrected chi connectivity index (χ4v) is 5.05. The number of anilines is 1. The molecule has 0 spiro atoms. The van der Waals surface area contributed by atoms with Crippen LogP contribution >= 0.6 is 0 Å². The molecule has 32 heavy (non-hydrogen) atoms. The summed E-state index contributed by atoms with van der Waals surface area (Å²) < 4.78 is 49.5. The van der Waals surface area contributed by atoms with Gasteiger partial charge in [-0.25, -0.2) is 8.42 Å². The number of alkyl halides is 2. The van der Waals surface area contributed by atoms with Crippen LogP contribution in [0.4, 0.5) is 14.5 Å². The summed E-state index contributed by atoms with van der Waals surface area (Å²) >= 11 is 0. The Morgan fingerprint density at radius 3 is 2.28 bits per heavy atom. The number of piperidine rings is 1. The minimum absolute atomic E-state index is 0.00794. The van der Waals surface area contributed by atoms with Gasteiger partial charge in [0.2, 0.25) is 21.7 Å². The molecule has 2 fully saturated rings. The molecular formula is C21H30F2N4O4S. The van der Waals surface area contributed by atoms with E-state index in [2.05, 4.69) is 17.1 Å². The quantitative estimate of drug-likeness (QED) is 0.649. The van der Waals surface area contributed by atoms with Crippen LogP contribution in [0.1, 0.15) is 26.2 Å². The number of amides is 2. The zero-order chi connectivity index (χ0) is 23.3. The number of likely N-dealkylation sites (tertiary alicyclic amines) is 1. The topological polar surface area (TPSA) is 90.0 Å². The van der Waals surface area contributed by atoms with E-state index < -0.39 is 26.4 Å². The van der Waals surface area contributed by atoms with Gasteiger partial charge in [0.05, 0.1) is 23.7 Å². The summed E-state index contributed by atoms with van der Waals surface area (Å²) in [6.45, 7) is 5.69. The first kappa shape index (κ1) is 24.5. The SMILES string of the molecule is CC1CCCCN1C(=O)CN1CCN(CC(=O)Nc2ccccc2S(=O)(=O)C(F)F)CC1. The summed E-state index contributed by atoms with van der Waals surface area (Å²) in [5.41, 5.74) is -0.155. The van der Waals surface area contributed by atoms with Crippen LogP contribution in [0.15, 0.2) is 29.2 Å². The predicted molar refractivity (Wildman–Crippen MR) is 116 cm³/mol. The van der Waals surface area contributed by atoms with Crippen LogP contribution in [0.3, 0.4) is 0 Å². The molecular weight excluding hydrogens is 442 g/mol. The minimum atomic E-state index is -4.82. The van der Waals surface area contributed by atoms with E-state index in [1.54, 1.807) is 0 Å². The van der Waals surface area contributed by atoms with E-state index in [1.165, 1.54) is 18.2 Å². The van der Waals surface area contributed by atoms with Gasteiger partial charge in [-0.1, -0.05) is 12.1 Å². The van der Waals surface area contributed by atoms with Crippen LogP contribution in [0, 0.1) is 0 Å². The number of benzene rings is 1. The Hall–Kier alpha value is -2.11. The monoisotopic (exact) mass is 472 g/mol. The molecule has 1 N–H and O–H groups in total. The molecule has 11 heteroatoms. The van der Waals surface area contributed by atoms with E-state index in [-0.39, 0.29) is 24.2 Å². The normalized spacial score (nSPS) is 21.0. The third-order valence-electron chi connectivity index (χ3n) is 6.02. The predicted octanol–water partition coefficient (Wildman–Crippen LogP) is 1.64. The molecule has 3 rings (SSSR count). The molecule has 0 aliphatic carbocycles. The summed E-state index contributed by atoms with van der Waals surface area (Å²) in [4.78, 5) is 30.3. The molecule has 2 aliphatic rings. The molecule has 1 unspecified atom stereocenters. The maximum absolute atomic E-state index is 12.9. The zero-order valence-corrected chi connectivity index (χ0v) is 19.0. The third-order valence-corrected chi connectivity index (χ3v) is 7.45. The van der Waals surface area contributed by atoms with Gasteiger partial charge < -0.3 is 10.2 Å². The van der Waals surface area contributed by atoms with E-state index in [0.717, 1.165) is 31.9 Å². The number of carbonyl (C=O) groups excluding carboxylic acids is 2. The standard InChI is InChI=1S/C21H30F2N4O4S/c1-16-6-4-5-9-27(16)20(29)15-26-12-10-25(11-13-26)14-19(28)24-17-7-2-3-8-18(17)32(30,31)21(22)23/h2-3,7-8,16,21H,4-6,9-15H2,1H3,(H,24,28). The van der Waals surface area contributed by atoms with Gasteiger partial charge in [0.15, 0.2) is 0 Å². The Balaban J connectivity index is 1.49. The second kappa shape index (κ2) is 10.7. The van der Waals surface area contributed by atoms with Crippen molar-refractivity contribution in [3.8, 4) is 0 Å². The van der Waals surface area contributed by atoms with Crippen molar-refractivity contribution in [2.75, 3.05) is 51.1 Å². The fraction of sp³-hybridized carbons (Fsp3) is 0.619. The van der Waals surface area contributed by atoms with Gasteiger partial charge in [-0.2, -0.15) is 8.78 Å². The van der Waals surface area contributed by atoms with Crippen molar-refractivity contribution in [3.05, 3.63) is 24.3 Å². The number of carbonyl (C=O) groups is 2. The summed E-state index contributed by atoms with van der Waals surface area (Å²) in [6, 6.07) is 5.42. The lowest BCUT2D eigenvalue weighted by atomic mass is 10.0. The molecule has 2 saturated heterocycles. The summed E-state index contributed by atoms with van der Waals surface area (Å²) in [6.07, 6.45) is 3.24. The first-order chi connectivity index (χ1) is 15.2. The fourth-order valence-electron chi connectivity index (χ4n) is 4.16. The summed E-state index contributed by atoms with van der Waals surface area (Å²) in [5, 5.41) is 2.44. The van der Waals surface area contributed by atoms with E-state index in [1.807, 2.05) is 9.80 Å². The highest BCUT2D eigenvalue weighted by Gasteiger charge is 2.30. The lowest BCUT2D eigenvalue weighted by Gasteiger charge is -2.37. The lowest BCUT2D eigenvalue weighted by molar-refractivity contribution is -0.136. The maximum Gasteiger partial charge on any atom is 0.341 e. The average Bonchev–Trinajstić information content (AvgIpc) is 2.75. The van der Waals surface area contributed by atoms with Crippen molar-refractivity contribution >= 4 is 27.3 Å². The Labute approximate surface area is 187 Å². The molecule has 1 aromatic rings. The Kier molecular flexibility index (Phi) is 8.18. The van der Waals surface area contributed by atoms with E-state index in [0.29, 0.717) is 32.7 Å². The van der Waals surface area contributed by atoms with Crippen molar-refractivity contribution in [1.29, 1.82) is 0 Å². The van der Waals surface area contributed by atoms with Crippen molar-refractivity contribution in [1.82, 2.24) is 14.7 Å². The second-order valence-electron chi connectivity index (χ2n) is 8.33.